The van der Waals surface area contributed by atoms with E-state index in [1.165, 1.54) is 12.2 Å². The summed E-state index contributed by atoms with van der Waals surface area (Å²) in [7, 11) is 0. The quantitative estimate of drug-likeness (QED) is 0.667. The van der Waals surface area contributed by atoms with Crippen LogP contribution in [0, 0.1) is 28.6 Å². The Morgan fingerprint density at radius 1 is 1.22 bits per heavy atom. The lowest BCUT2D eigenvalue weighted by Gasteiger charge is -2.56. The molecule has 0 aliphatic heterocycles. The van der Waals surface area contributed by atoms with Crippen LogP contribution in [-0.2, 0) is 9.59 Å². The Balaban J connectivity index is 1.80. The van der Waals surface area contributed by atoms with Gasteiger partial charge in [-0.25, -0.2) is 4.39 Å². The first-order chi connectivity index (χ1) is 10.8. The minimum Gasteiger partial charge on any atom is -0.299 e. The predicted octanol–water partition coefficient (Wildman–Crippen LogP) is 4.33. The largest absolute Gasteiger partial charge is 0.299 e. The standard InChI is InChI=1S/C20H23FO2/c1-11-8-12-13-4-5-18(23)19(13,2)7-6-14(12)20(3)10-16(21)17(22)9-15(11)20/h9-10,12-14H,1,4-8H2,2-3H3/t12-,13-,14-,19-,20+/m0/s1. The van der Waals surface area contributed by atoms with Gasteiger partial charge in [0.25, 0.3) is 0 Å². The molecule has 3 saturated carbocycles. The van der Waals surface area contributed by atoms with Gasteiger partial charge < -0.3 is 0 Å². The maximum absolute atomic E-state index is 14.1. The van der Waals surface area contributed by atoms with Gasteiger partial charge in [0.05, 0.1) is 0 Å². The molecule has 3 fully saturated rings. The van der Waals surface area contributed by atoms with E-state index in [1.54, 1.807) is 0 Å². The molecule has 4 aliphatic carbocycles. The second-order valence-corrected chi connectivity index (χ2v) is 8.30. The number of ketones is 2. The maximum atomic E-state index is 14.1. The molecule has 0 bridgehead atoms. The normalized spacial score (nSPS) is 45.9. The smallest absolute Gasteiger partial charge is 0.214 e. The number of hydrogen-bond acceptors (Lipinski definition) is 2. The molecule has 0 heterocycles. The van der Waals surface area contributed by atoms with Gasteiger partial charge in [-0.15, -0.1) is 0 Å². The Bertz CT molecular complexity index is 700. The lowest BCUT2D eigenvalue weighted by atomic mass is 9.48. The van der Waals surface area contributed by atoms with E-state index < -0.39 is 17.0 Å². The van der Waals surface area contributed by atoms with Crippen LogP contribution in [0.25, 0.3) is 0 Å². The highest BCUT2D eigenvalue weighted by atomic mass is 19.1. The minimum absolute atomic E-state index is 0.203. The Morgan fingerprint density at radius 2 is 1.96 bits per heavy atom. The third kappa shape index (κ3) is 1.79. The van der Waals surface area contributed by atoms with E-state index in [2.05, 4.69) is 13.5 Å². The highest BCUT2D eigenvalue weighted by Gasteiger charge is 2.59. The van der Waals surface area contributed by atoms with E-state index >= 15 is 0 Å². The Labute approximate surface area is 136 Å². The van der Waals surface area contributed by atoms with Crippen molar-refractivity contribution in [2.24, 2.45) is 28.6 Å². The van der Waals surface area contributed by atoms with E-state index in [-0.39, 0.29) is 5.41 Å². The van der Waals surface area contributed by atoms with E-state index in [9.17, 15) is 14.0 Å². The molecule has 4 rings (SSSR count). The lowest BCUT2D eigenvalue weighted by molar-refractivity contribution is -0.131. The van der Waals surface area contributed by atoms with Gasteiger partial charge in [-0.3, -0.25) is 9.59 Å². The van der Waals surface area contributed by atoms with Crippen molar-refractivity contribution in [1.29, 1.82) is 0 Å². The van der Waals surface area contributed by atoms with E-state index in [0.29, 0.717) is 30.0 Å². The van der Waals surface area contributed by atoms with Crippen molar-refractivity contribution in [3.05, 3.63) is 35.7 Å². The van der Waals surface area contributed by atoms with Gasteiger partial charge in [0.15, 0.2) is 5.83 Å². The first-order valence-electron chi connectivity index (χ1n) is 8.63. The molecule has 0 aromatic rings. The summed E-state index contributed by atoms with van der Waals surface area (Å²) in [6, 6.07) is 0. The topological polar surface area (TPSA) is 34.1 Å². The Hall–Kier alpha value is -1.51. The van der Waals surface area contributed by atoms with Gasteiger partial charge >= 0.3 is 0 Å². The summed E-state index contributed by atoms with van der Waals surface area (Å²) < 4.78 is 14.1. The fourth-order valence-corrected chi connectivity index (χ4v) is 6.04. The Kier molecular flexibility index (Phi) is 2.96. The van der Waals surface area contributed by atoms with Crippen LogP contribution in [0.4, 0.5) is 4.39 Å². The number of Topliss-reactive ketones (excluding diaryl/α,β-unsaturated/α-hetero) is 1. The number of carbonyl (C=O) groups is 2. The predicted molar refractivity (Wildman–Crippen MR) is 86.2 cm³/mol. The van der Waals surface area contributed by atoms with Crippen molar-refractivity contribution in [2.45, 2.75) is 46.0 Å². The summed E-state index contributed by atoms with van der Waals surface area (Å²) in [4.78, 5) is 24.2. The molecule has 0 N–H and O–H groups in total. The third-order valence-corrected chi connectivity index (χ3v) is 7.30. The minimum atomic E-state index is -0.638. The molecular weight excluding hydrogens is 291 g/mol. The summed E-state index contributed by atoms with van der Waals surface area (Å²) in [5.41, 5.74) is 1.21. The van der Waals surface area contributed by atoms with Crippen LogP contribution >= 0.6 is 0 Å². The lowest BCUT2D eigenvalue weighted by Crippen LogP contribution is -2.50. The molecule has 3 heteroatoms. The maximum Gasteiger partial charge on any atom is 0.214 e. The molecule has 122 valence electrons. The first-order valence-corrected chi connectivity index (χ1v) is 8.63. The van der Waals surface area contributed by atoms with Crippen molar-refractivity contribution in [3.8, 4) is 0 Å². The first kappa shape index (κ1) is 15.0. The van der Waals surface area contributed by atoms with Crippen LogP contribution < -0.4 is 0 Å². The molecular formula is C20H23FO2. The van der Waals surface area contributed by atoms with Gasteiger partial charge in [0.1, 0.15) is 5.78 Å². The monoisotopic (exact) mass is 314 g/mol. The molecule has 0 spiro atoms. The van der Waals surface area contributed by atoms with E-state index in [4.69, 9.17) is 0 Å². The molecule has 0 radical (unpaired) electrons. The van der Waals surface area contributed by atoms with Crippen LogP contribution in [0.3, 0.4) is 0 Å². The molecule has 0 amide bonds. The molecule has 4 aliphatic rings. The number of allylic oxidation sites excluding steroid dienone is 5. The van der Waals surface area contributed by atoms with Crippen LogP contribution in [0.1, 0.15) is 46.0 Å². The zero-order valence-corrected chi connectivity index (χ0v) is 13.8. The third-order valence-electron chi connectivity index (χ3n) is 7.30. The zero-order valence-electron chi connectivity index (χ0n) is 13.8. The molecule has 2 nitrogen and oxygen atoms in total. The molecule has 0 aromatic carbocycles. The van der Waals surface area contributed by atoms with Gasteiger partial charge in [-0.05, 0) is 61.2 Å². The molecule has 5 atom stereocenters. The summed E-state index contributed by atoms with van der Waals surface area (Å²) in [6.45, 7) is 8.37. The van der Waals surface area contributed by atoms with Gasteiger partial charge in [-0.2, -0.15) is 0 Å². The van der Waals surface area contributed by atoms with Crippen molar-refractivity contribution in [3.63, 3.8) is 0 Å². The van der Waals surface area contributed by atoms with Crippen molar-refractivity contribution >= 4 is 11.6 Å². The number of hydrogen-bond donors (Lipinski definition) is 0. The molecule has 0 saturated heterocycles. The summed E-state index contributed by atoms with van der Waals surface area (Å²) in [6.07, 6.45) is 7.26. The van der Waals surface area contributed by atoms with Crippen LogP contribution in [-0.4, -0.2) is 11.6 Å². The Morgan fingerprint density at radius 3 is 2.70 bits per heavy atom. The summed E-state index contributed by atoms with van der Waals surface area (Å²) >= 11 is 0. The molecule has 23 heavy (non-hydrogen) atoms. The fraction of sp³-hybridized carbons (Fsp3) is 0.600. The number of carbonyl (C=O) groups excluding carboxylic acids is 2. The van der Waals surface area contributed by atoms with Crippen LogP contribution in [0.5, 0.6) is 0 Å². The van der Waals surface area contributed by atoms with E-state index in [1.807, 2.05) is 6.92 Å². The highest BCUT2D eigenvalue weighted by Crippen LogP contribution is 2.64. The van der Waals surface area contributed by atoms with Gasteiger partial charge in [0.2, 0.25) is 5.78 Å². The number of fused-ring (bicyclic) bond motifs is 5. The molecule has 0 unspecified atom stereocenters. The fourth-order valence-electron chi connectivity index (χ4n) is 6.04. The van der Waals surface area contributed by atoms with Crippen LogP contribution in [0.2, 0.25) is 0 Å². The summed E-state index contributed by atoms with van der Waals surface area (Å²) in [5, 5.41) is 0. The second kappa shape index (κ2) is 4.52. The van der Waals surface area contributed by atoms with Gasteiger partial charge in [0, 0.05) is 17.3 Å². The molecule has 0 aromatic heterocycles. The van der Waals surface area contributed by atoms with Crippen LogP contribution in [0.15, 0.2) is 35.7 Å². The van der Waals surface area contributed by atoms with Gasteiger partial charge in [-0.1, -0.05) is 26.0 Å². The average Bonchev–Trinajstić information content (AvgIpc) is 2.78. The van der Waals surface area contributed by atoms with Crippen molar-refractivity contribution in [2.75, 3.05) is 0 Å². The zero-order chi connectivity index (χ0) is 16.6. The highest BCUT2D eigenvalue weighted by molar-refractivity contribution is 6.04. The number of halogens is 1. The summed E-state index contributed by atoms with van der Waals surface area (Å²) in [5.74, 6) is 0.264. The number of rotatable bonds is 0. The van der Waals surface area contributed by atoms with E-state index in [0.717, 1.165) is 36.8 Å². The average molecular weight is 314 g/mol. The van der Waals surface area contributed by atoms with Crippen molar-refractivity contribution < 1.29 is 14.0 Å². The SMILES string of the molecule is C=C1C[C@@H]2[C@H](CC[C@]3(C)C(=O)CC[C@@H]23)[C@@]2(C)C=C(F)C(=O)C=C12. The second-order valence-electron chi connectivity index (χ2n) is 8.30. The van der Waals surface area contributed by atoms with Crippen molar-refractivity contribution in [1.82, 2.24) is 0 Å².